The Labute approximate surface area is 134 Å². The van der Waals surface area contributed by atoms with E-state index in [0.717, 1.165) is 22.1 Å². The zero-order valence-electron chi connectivity index (χ0n) is 12.6. The molecule has 1 N–H and O–H groups in total. The van der Waals surface area contributed by atoms with Crippen LogP contribution in [0.4, 0.5) is 5.69 Å². The fourth-order valence-corrected chi connectivity index (χ4v) is 2.81. The summed E-state index contributed by atoms with van der Waals surface area (Å²) in [6.07, 6.45) is 1.11. The minimum atomic E-state index is -0.0989. The normalized spacial score (nSPS) is 12.0. The second kappa shape index (κ2) is 6.90. The summed E-state index contributed by atoms with van der Waals surface area (Å²) in [6, 6.07) is 13.8. The molecule has 3 heteroatoms. The number of hydrogen-bond donors (Lipinski definition) is 1. The Bertz CT molecular complexity index is 634. The molecule has 2 nitrogen and oxygen atoms in total. The first-order valence-electron chi connectivity index (χ1n) is 7.18. The lowest BCUT2D eigenvalue weighted by atomic mass is 9.98. The van der Waals surface area contributed by atoms with Gasteiger partial charge in [0.25, 0.3) is 5.91 Å². The molecule has 110 valence electrons. The number of benzene rings is 2. The van der Waals surface area contributed by atoms with Crippen molar-refractivity contribution in [1.82, 2.24) is 0 Å². The Balaban J connectivity index is 2.12. The SMILES string of the molecule is CCC(C)c1ccc(NC(=O)c2ccc(C)cc2Br)cc1. The third-order valence-electron chi connectivity index (χ3n) is 3.72. The Morgan fingerprint density at radius 1 is 1.19 bits per heavy atom. The number of nitrogens with one attached hydrogen (secondary N) is 1. The first kappa shape index (κ1) is 15.8. The van der Waals surface area contributed by atoms with Gasteiger partial charge in [-0.15, -0.1) is 0 Å². The lowest BCUT2D eigenvalue weighted by Crippen LogP contribution is -2.12. The molecule has 0 aromatic heterocycles. The van der Waals surface area contributed by atoms with Crippen molar-refractivity contribution in [3.05, 3.63) is 63.6 Å². The molecule has 0 heterocycles. The highest BCUT2D eigenvalue weighted by molar-refractivity contribution is 9.10. The van der Waals surface area contributed by atoms with E-state index < -0.39 is 0 Å². The lowest BCUT2D eigenvalue weighted by molar-refractivity contribution is 0.102. The van der Waals surface area contributed by atoms with Crippen LogP contribution in [0.15, 0.2) is 46.9 Å². The zero-order chi connectivity index (χ0) is 15.4. The number of carbonyl (C=O) groups is 1. The maximum Gasteiger partial charge on any atom is 0.256 e. The van der Waals surface area contributed by atoms with Crippen molar-refractivity contribution in [3.8, 4) is 0 Å². The minimum absolute atomic E-state index is 0.0989. The standard InChI is InChI=1S/C18H20BrNO/c1-4-13(3)14-6-8-15(9-7-14)20-18(21)16-10-5-12(2)11-17(16)19/h5-11,13H,4H2,1-3H3,(H,20,21). The van der Waals surface area contributed by atoms with E-state index in [9.17, 15) is 4.79 Å². The molecule has 0 aliphatic rings. The van der Waals surface area contributed by atoms with Gasteiger partial charge >= 0.3 is 0 Å². The summed E-state index contributed by atoms with van der Waals surface area (Å²) in [5.74, 6) is 0.444. The molecule has 2 rings (SSSR count). The van der Waals surface area contributed by atoms with Crippen molar-refractivity contribution in [2.45, 2.75) is 33.1 Å². The Hall–Kier alpha value is -1.61. The van der Waals surface area contributed by atoms with Crippen LogP contribution in [0.1, 0.15) is 47.7 Å². The summed E-state index contributed by atoms with van der Waals surface area (Å²) < 4.78 is 0.816. The highest BCUT2D eigenvalue weighted by Crippen LogP contribution is 2.22. The van der Waals surface area contributed by atoms with Gasteiger partial charge in [-0.05, 0) is 70.6 Å². The summed E-state index contributed by atoms with van der Waals surface area (Å²) >= 11 is 3.44. The van der Waals surface area contributed by atoms with Crippen LogP contribution in [-0.2, 0) is 0 Å². The number of aryl methyl sites for hydroxylation is 1. The first-order valence-corrected chi connectivity index (χ1v) is 7.98. The predicted octanol–water partition coefficient (Wildman–Crippen LogP) is 5.52. The zero-order valence-corrected chi connectivity index (χ0v) is 14.2. The van der Waals surface area contributed by atoms with Crippen LogP contribution < -0.4 is 5.32 Å². The van der Waals surface area contributed by atoms with Crippen LogP contribution >= 0.6 is 15.9 Å². The second-order valence-corrected chi connectivity index (χ2v) is 6.22. The largest absolute Gasteiger partial charge is 0.322 e. The average molecular weight is 346 g/mol. The Morgan fingerprint density at radius 2 is 1.86 bits per heavy atom. The van der Waals surface area contributed by atoms with Gasteiger partial charge in [0.05, 0.1) is 5.56 Å². The van der Waals surface area contributed by atoms with Crippen LogP contribution in [0.25, 0.3) is 0 Å². The van der Waals surface area contributed by atoms with Gasteiger partial charge in [-0.3, -0.25) is 4.79 Å². The number of carbonyl (C=O) groups excluding carboxylic acids is 1. The first-order chi connectivity index (χ1) is 10.0. The Morgan fingerprint density at radius 3 is 2.43 bits per heavy atom. The van der Waals surface area contributed by atoms with E-state index in [0.29, 0.717) is 11.5 Å². The molecule has 1 amide bonds. The monoisotopic (exact) mass is 345 g/mol. The molecule has 1 atom stereocenters. The van der Waals surface area contributed by atoms with Gasteiger partial charge in [-0.1, -0.05) is 32.0 Å². The summed E-state index contributed by atoms with van der Waals surface area (Å²) in [4.78, 5) is 12.3. The quantitative estimate of drug-likeness (QED) is 0.776. The molecule has 0 spiro atoms. The van der Waals surface area contributed by atoms with Crippen LogP contribution in [0, 0.1) is 6.92 Å². The molecule has 2 aromatic rings. The minimum Gasteiger partial charge on any atom is -0.322 e. The van der Waals surface area contributed by atoms with E-state index in [4.69, 9.17) is 0 Å². The van der Waals surface area contributed by atoms with Crippen LogP contribution in [-0.4, -0.2) is 5.91 Å². The van der Waals surface area contributed by atoms with Crippen molar-refractivity contribution in [3.63, 3.8) is 0 Å². The highest BCUT2D eigenvalue weighted by Gasteiger charge is 2.10. The van der Waals surface area contributed by atoms with Gasteiger partial charge < -0.3 is 5.32 Å². The van der Waals surface area contributed by atoms with E-state index in [1.807, 2.05) is 37.3 Å². The molecule has 0 aliphatic heterocycles. The van der Waals surface area contributed by atoms with Gasteiger partial charge in [-0.25, -0.2) is 0 Å². The fourth-order valence-electron chi connectivity index (χ4n) is 2.13. The summed E-state index contributed by atoms with van der Waals surface area (Å²) in [6.45, 7) is 6.38. The molecular formula is C18H20BrNO. The van der Waals surface area contributed by atoms with Crippen LogP contribution in [0.3, 0.4) is 0 Å². The summed E-state index contributed by atoms with van der Waals surface area (Å²) in [5.41, 5.74) is 3.88. The van der Waals surface area contributed by atoms with E-state index in [1.54, 1.807) is 0 Å². The van der Waals surface area contributed by atoms with Gasteiger partial charge in [0.15, 0.2) is 0 Å². The number of hydrogen-bond acceptors (Lipinski definition) is 1. The average Bonchev–Trinajstić information content (AvgIpc) is 2.47. The fraction of sp³-hybridized carbons (Fsp3) is 0.278. The van der Waals surface area contributed by atoms with Crippen molar-refractivity contribution >= 4 is 27.5 Å². The number of amides is 1. The van der Waals surface area contributed by atoms with Crippen LogP contribution in [0.2, 0.25) is 0 Å². The third-order valence-corrected chi connectivity index (χ3v) is 4.38. The topological polar surface area (TPSA) is 29.1 Å². The second-order valence-electron chi connectivity index (χ2n) is 5.37. The van der Waals surface area contributed by atoms with Crippen molar-refractivity contribution in [2.24, 2.45) is 0 Å². The molecule has 0 bridgehead atoms. The smallest absolute Gasteiger partial charge is 0.256 e. The van der Waals surface area contributed by atoms with E-state index in [1.165, 1.54) is 5.56 Å². The molecule has 0 fully saturated rings. The maximum atomic E-state index is 12.3. The highest BCUT2D eigenvalue weighted by atomic mass is 79.9. The molecule has 1 unspecified atom stereocenters. The van der Waals surface area contributed by atoms with Crippen molar-refractivity contribution in [1.29, 1.82) is 0 Å². The maximum absolute atomic E-state index is 12.3. The molecule has 0 saturated carbocycles. The number of rotatable bonds is 4. The number of anilines is 1. The molecule has 0 aliphatic carbocycles. The molecule has 2 aromatic carbocycles. The van der Waals surface area contributed by atoms with Crippen molar-refractivity contribution in [2.75, 3.05) is 5.32 Å². The molecular weight excluding hydrogens is 326 g/mol. The molecule has 0 saturated heterocycles. The number of halogens is 1. The van der Waals surface area contributed by atoms with Crippen LogP contribution in [0.5, 0.6) is 0 Å². The van der Waals surface area contributed by atoms with E-state index >= 15 is 0 Å². The van der Waals surface area contributed by atoms with Gasteiger partial charge in [0.1, 0.15) is 0 Å². The van der Waals surface area contributed by atoms with E-state index in [-0.39, 0.29) is 5.91 Å². The lowest BCUT2D eigenvalue weighted by Gasteiger charge is -2.11. The molecule has 0 radical (unpaired) electrons. The van der Waals surface area contributed by atoms with Crippen molar-refractivity contribution < 1.29 is 4.79 Å². The van der Waals surface area contributed by atoms with Gasteiger partial charge in [0.2, 0.25) is 0 Å². The Kier molecular flexibility index (Phi) is 5.18. The molecule has 21 heavy (non-hydrogen) atoms. The summed E-state index contributed by atoms with van der Waals surface area (Å²) in [5, 5.41) is 2.93. The van der Waals surface area contributed by atoms with Gasteiger partial charge in [-0.2, -0.15) is 0 Å². The summed E-state index contributed by atoms with van der Waals surface area (Å²) in [7, 11) is 0. The van der Waals surface area contributed by atoms with Gasteiger partial charge in [0, 0.05) is 10.2 Å². The predicted molar refractivity (Wildman–Crippen MR) is 92.0 cm³/mol. The third kappa shape index (κ3) is 3.94. The van der Waals surface area contributed by atoms with E-state index in [2.05, 4.69) is 47.2 Å².